The number of nitrogens with one attached hydrogen (secondary N) is 2. The van der Waals surface area contributed by atoms with E-state index in [2.05, 4.69) is 31.4 Å². The smallest absolute Gasteiger partial charge is 0.226 e. The monoisotopic (exact) mass is 442 g/mol. The van der Waals surface area contributed by atoms with Crippen molar-refractivity contribution in [2.75, 3.05) is 13.2 Å². The minimum absolute atomic E-state index is 0.0382. The van der Waals surface area contributed by atoms with E-state index in [0.717, 1.165) is 6.42 Å². The summed E-state index contributed by atoms with van der Waals surface area (Å²) in [6, 6.07) is 0. The molecule has 0 saturated heterocycles. The maximum atomic E-state index is 12.8. The van der Waals surface area contributed by atoms with Crippen LogP contribution >= 0.6 is 0 Å². The molecule has 0 spiro atoms. The highest BCUT2D eigenvalue weighted by Crippen LogP contribution is 2.34. The van der Waals surface area contributed by atoms with Gasteiger partial charge in [0.15, 0.2) is 0 Å². The average Bonchev–Trinajstić information content (AvgIpc) is 2.49. The molecule has 0 radical (unpaired) electrons. The predicted octanol–water partition coefficient (Wildman–Crippen LogP) is 4.59. The number of hydrogen-bond donors (Lipinski definition) is 3. The van der Waals surface area contributed by atoms with Crippen LogP contribution in [0.4, 0.5) is 0 Å². The van der Waals surface area contributed by atoms with Gasteiger partial charge in [-0.25, -0.2) is 0 Å². The van der Waals surface area contributed by atoms with Gasteiger partial charge in [-0.05, 0) is 72.6 Å². The van der Waals surface area contributed by atoms with Crippen LogP contribution in [-0.2, 0) is 14.3 Å². The first-order valence-corrected chi connectivity index (χ1v) is 11.6. The molecule has 0 atom stereocenters. The van der Waals surface area contributed by atoms with Crippen molar-refractivity contribution in [3.05, 3.63) is 0 Å². The van der Waals surface area contributed by atoms with Crippen LogP contribution in [0.5, 0.6) is 0 Å². The minimum Gasteiger partial charge on any atom is -0.396 e. The second kappa shape index (κ2) is 11.1. The summed E-state index contributed by atoms with van der Waals surface area (Å²) < 4.78 is 6.07. The highest BCUT2D eigenvalue weighted by Gasteiger charge is 2.35. The third-order valence-electron chi connectivity index (χ3n) is 5.43. The van der Waals surface area contributed by atoms with Crippen LogP contribution in [-0.4, -0.2) is 46.8 Å². The van der Waals surface area contributed by atoms with Crippen molar-refractivity contribution in [1.29, 1.82) is 0 Å². The number of aliphatic hydroxyl groups is 1. The number of amides is 2. The first kappa shape index (κ1) is 29.9. The summed E-state index contributed by atoms with van der Waals surface area (Å²) in [6.07, 6.45) is 2.97. The average molecular weight is 443 g/mol. The molecular formula is C25H50N2O4. The lowest BCUT2D eigenvalue weighted by Crippen LogP contribution is -2.50. The van der Waals surface area contributed by atoms with Gasteiger partial charge in [0.1, 0.15) is 0 Å². The molecule has 0 aliphatic heterocycles. The molecule has 0 aliphatic rings. The second-order valence-electron chi connectivity index (χ2n) is 12.7. The summed E-state index contributed by atoms with van der Waals surface area (Å²) in [6.45, 7) is 22.8. The van der Waals surface area contributed by atoms with E-state index in [4.69, 9.17) is 9.84 Å². The zero-order valence-corrected chi connectivity index (χ0v) is 22.1. The Hall–Kier alpha value is -1.14. The van der Waals surface area contributed by atoms with Crippen molar-refractivity contribution < 1.29 is 19.4 Å². The maximum Gasteiger partial charge on any atom is 0.226 e. The third kappa shape index (κ3) is 13.8. The molecule has 0 aliphatic carbocycles. The van der Waals surface area contributed by atoms with Gasteiger partial charge in [-0.15, -0.1) is 0 Å². The van der Waals surface area contributed by atoms with Gasteiger partial charge in [0.25, 0.3) is 0 Å². The van der Waals surface area contributed by atoms with E-state index in [1.165, 1.54) is 0 Å². The Morgan fingerprint density at radius 2 is 1.29 bits per heavy atom. The molecule has 0 bridgehead atoms. The lowest BCUT2D eigenvalue weighted by atomic mass is 9.75. The first-order valence-electron chi connectivity index (χ1n) is 11.6. The fraction of sp³-hybridized carbons (Fsp3) is 0.920. The van der Waals surface area contributed by atoms with Gasteiger partial charge in [0.2, 0.25) is 11.8 Å². The lowest BCUT2D eigenvalue weighted by Gasteiger charge is -2.36. The van der Waals surface area contributed by atoms with Crippen molar-refractivity contribution in [2.24, 2.45) is 10.8 Å². The Bertz CT molecular complexity index is 587. The highest BCUT2D eigenvalue weighted by atomic mass is 16.5. The fourth-order valence-corrected chi connectivity index (χ4v) is 3.80. The molecule has 6 heteroatoms. The minimum atomic E-state index is -0.440. The highest BCUT2D eigenvalue weighted by molar-refractivity contribution is 5.82. The molecule has 184 valence electrons. The molecule has 6 nitrogen and oxygen atoms in total. The van der Waals surface area contributed by atoms with Gasteiger partial charge in [0.05, 0.1) is 5.60 Å². The fourth-order valence-electron chi connectivity index (χ4n) is 3.80. The molecule has 0 heterocycles. The van der Waals surface area contributed by atoms with Crippen molar-refractivity contribution in [1.82, 2.24) is 10.6 Å². The summed E-state index contributed by atoms with van der Waals surface area (Å²) in [5.41, 5.74) is -1.59. The summed E-state index contributed by atoms with van der Waals surface area (Å²) in [7, 11) is 0. The largest absolute Gasteiger partial charge is 0.396 e. The SMILES string of the molecule is CC(C)(C)CC(C)(C)C(=O)NC(C)(C)CCOC(C)(C)CCC(=O)NC(C)(C)CCO. The standard InChI is InChI=1S/C25H50N2O4/c1-21(2,3)18-22(4,5)20(30)27-24(8,9)15-17-31-25(10,11)13-12-19(29)26-23(6,7)14-16-28/h28H,12-18H2,1-11H3,(H,26,29)(H,27,30). The van der Waals surface area contributed by atoms with E-state index >= 15 is 0 Å². The summed E-state index contributed by atoms with van der Waals surface area (Å²) in [5, 5.41) is 15.2. The summed E-state index contributed by atoms with van der Waals surface area (Å²) in [4.78, 5) is 25.1. The van der Waals surface area contributed by atoms with E-state index < -0.39 is 16.6 Å². The topological polar surface area (TPSA) is 87.7 Å². The Labute approximate surface area is 191 Å². The Morgan fingerprint density at radius 1 is 0.774 bits per heavy atom. The van der Waals surface area contributed by atoms with Crippen LogP contribution < -0.4 is 10.6 Å². The zero-order valence-electron chi connectivity index (χ0n) is 22.1. The Morgan fingerprint density at radius 3 is 1.77 bits per heavy atom. The first-order chi connectivity index (χ1) is 13.7. The van der Waals surface area contributed by atoms with Crippen LogP contribution in [0.1, 0.15) is 108 Å². The van der Waals surface area contributed by atoms with Gasteiger partial charge in [-0.2, -0.15) is 0 Å². The number of carbonyl (C=O) groups excluding carboxylic acids is 2. The van der Waals surface area contributed by atoms with E-state index in [0.29, 0.717) is 32.3 Å². The molecule has 0 aromatic rings. The molecule has 31 heavy (non-hydrogen) atoms. The molecule has 0 aromatic carbocycles. The quantitative estimate of drug-likeness (QED) is 0.389. The molecule has 0 fully saturated rings. The third-order valence-corrected chi connectivity index (χ3v) is 5.43. The van der Waals surface area contributed by atoms with Crippen molar-refractivity contribution in [2.45, 2.75) is 125 Å². The van der Waals surface area contributed by atoms with E-state index in [9.17, 15) is 9.59 Å². The van der Waals surface area contributed by atoms with Crippen molar-refractivity contribution >= 4 is 11.8 Å². The number of rotatable bonds is 13. The van der Waals surface area contributed by atoms with Gasteiger partial charge in [-0.3, -0.25) is 9.59 Å². The van der Waals surface area contributed by atoms with Crippen LogP contribution in [0.2, 0.25) is 0 Å². The molecule has 0 aromatic heterocycles. The lowest BCUT2D eigenvalue weighted by molar-refractivity contribution is -0.133. The maximum absolute atomic E-state index is 12.8. The summed E-state index contributed by atoms with van der Waals surface area (Å²) in [5.74, 6) is 0.0256. The van der Waals surface area contributed by atoms with Crippen LogP contribution in [0.3, 0.4) is 0 Å². The zero-order chi connectivity index (χ0) is 24.7. The number of ether oxygens (including phenoxy) is 1. The van der Waals surface area contributed by atoms with Gasteiger partial charge in [0, 0.05) is 36.1 Å². The molecule has 3 N–H and O–H groups in total. The van der Waals surface area contributed by atoms with E-state index in [-0.39, 0.29) is 29.4 Å². The van der Waals surface area contributed by atoms with Crippen LogP contribution in [0.25, 0.3) is 0 Å². The molecule has 0 saturated carbocycles. The molecule has 0 unspecified atom stereocenters. The van der Waals surface area contributed by atoms with Crippen molar-refractivity contribution in [3.63, 3.8) is 0 Å². The van der Waals surface area contributed by atoms with Gasteiger partial charge < -0.3 is 20.5 Å². The predicted molar refractivity (Wildman–Crippen MR) is 128 cm³/mol. The van der Waals surface area contributed by atoms with Crippen molar-refractivity contribution in [3.8, 4) is 0 Å². The van der Waals surface area contributed by atoms with Crippen LogP contribution in [0.15, 0.2) is 0 Å². The Balaban J connectivity index is 4.56. The molecular weight excluding hydrogens is 392 g/mol. The Kier molecular flexibility index (Phi) is 10.7. The number of hydrogen-bond acceptors (Lipinski definition) is 4. The van der Waals surface area contributed by atoms with E-state index in [1.54, 1.807) is 0 Å². The van der Waals surface area contributed by atoms with Crippen LogP contribution in [0, 0.1) is 10.8 Å². The van der Waals surface area contributed by atoms with Gasteiger partial charge >= 0.3 is 0 Å². The number of aliphatic hydroxyl groups excluding tert-OH is 1. The number of carbonyl (C=O) groups is 2. The van der Waals surface area contributed by atoms with E-state index in [1.807, 2.05) is 55.4 Å². The second-order valence-corrected chi connectivity index (χ2v) is 12.7. The normalized spacial score (nSPS) is 13.8. The molecule has 2 amide bonds. The summed E-state index contributed by atoms with van der Waals surface area (Å²) >= 11 is 0. The van der Waals surface area contributed by atoms with Gasteiger partial charge in [-0.1, -0.05) is 34.6 Å². The molecule has 0 rings (SSSR count).